The molecule has 9 nitrogen and oxygen atoms in total. The number of rotatable bonds is 4. The molecular weight excluding hydrogens is 417 g/mol. The molecule has 32 heavy (non-hydrogen) atoms. The standard InChI is InChI=1S/C22H24FN5O4/c1-22(2,31)5-4-12-8-14-16(9-15(12)23)32-7-6-28-18(17(20(25)30)27-21(14)28)19(29)13(10-24)11-26-3/h8-11,19,29,31H,6-7,24H2,1-3H3,(H2,25,30)/b13-10+,26-11?. The van der Waals surface area contributed by atoms with E-state index in [0.29, 0.717) is 5.56 Å². The number of carbonyl (C=O) groups excluding carboxylic acids is 1. The van der Waals surface area contributed by atoms with Crippen LogP contribution in [0.15, 0.2) is 28.9 Å². The van der Waals surface area contributed by atoms with Crippen molar-refractivity contribution < 1.29 is 24.1 Å². The number of ether oxygens (including phenoxy) is 1. The Morgan fingerprint density at radius 1 is 1.47 bits per heavy atom. The van der Waals surface area contributed by atoms with Crippen LogP contribution in [-0.4, -0.2) is 51.1 Å². The molecule has 1 aliphatic heterocycles. The lowest BCUT2D eigenvalue weighted by atomic mass is 10.1. The van der Waals surface area contributed by atoms with Crippen molar-refractivity contribution in [1.29, 1.82) is 0 Å². The third-order valence-electron chi connectivity index (χ3n) is 4.67. The van der Waals surface area contributed by atoms with Crippen LogP contribution in [0.1, 0.15) is 41.7 Å². The highest BCUT2D eigenvalue weighted by Crippen LogP contribution is 2.37. The zero-order valence-electron chi connectivity index (χ0n) is 17.9. The van der Waals surface area contributed by atoms with Gasteiger partial charge in [0.25, 0.3) is 5.91 Å². The van der Waals surface area contributed by atoms with E-state index >= 15 is 0 Å². The lowest BCUT2D eigenvalue weighted by molar-refractivity contribution is 0.0989. The number of nitrogens with zero attached hydrogens (tertiary/aromatic N) is 3. The molecule has 1 unspecified atom stereocenters. The number of aliphatic hydroxyl groups excluding tert-OH is 1. The van der Waals surface area contributed by atoms with Crippen LogP contribution in [0.25, 0.3) is 11.4 Å². The number of nitrogens with two attached hydrogens (primary N) is 2. The Morgan fingerprint density at radius 3 is 2.78 bits per heavy atom. The van der Waals surface area contributed by atoms with E-state index in [2.05, 4.69) is 21.8 Å². The summed E-state index contributed by atoms with van der Waals surface area (Å²) in [5.74, 6) is 4.13. The molecule has 0 radical (unpaired) electrons. The molecule has 0 bridgehead atoms. The fourth-order valence-corrected chi connectivity index (χ4v) is 3.28. The zero-order valence-corrected chi connectivity index (χ0v) is 17.9. The van der Waals surface area contributed by atoms with E-state index in [1.165, 1.54) is 45.4 Å². The van der Waals surface area contributed by atoms with Gasteiger partial charge in [0.05, 0.1) is 23.4 Å². The SMILES string of the molecule is CN=C/C(=C\N)C(O)c1c(C(N)=O)nc2n1CCOc1cc(F)c(C#CC(C)(C)O)cc1-2. The number of amides is 1. The van der Waals surface area contributed by atoms with Crippen molar-refractivity contribution in [3.8, 4) is 29.0 Å². The average Bonchev–Trinajstić information content (AvgIpc) is 3.01. The van der Waals surface area contributed by atoms with Crippen LogP contribution in [0, 0.1) is 17.7 Å². The molecule has 1 aliphatic rings. The van der Waals surface area contributed by atoms with E-state index in [9.17, 15) is 19.4 Å². The first kappa shape index (κ1) is 23.0. The molecule has 6 N–H and O–H groups in total. The Hall–Kier alpha value is -3.68. The van der Waals surface area contributed by atoms with E-state index in [0.717, 1.165) is 0 Å². The summed E-state index contributed by atoms with van der Waals surface area (Å²) in [4.78, 5) is 20.4. The van der Waals surface area contributed by atoms with Crippen molar-refractivity contribution in [3.63, 3.8) is 0 Å². The molecule has 0 saturated carbocycles. The van der Waals surface area contributed by atoms with Gasteiger partial charge in [-0.05, 0) is 19.9 Å². The Labute approximate surface area is 184 Å². The topological polar surface area (TPSA) is 149 Å². The lowest BCUT2D eigenvalue weighted by Gasteiger charge is -2.16. The molecule has 0 saturated heterocycles. The number of aliphatic hydroxyl groups is 2. The van der Waals surface area contributed by atoms with Crippen LogP contribution in [0.2, 0.25) is 0 Å². The molecule has 0 spiro atoms. The number of primary amides is 1. The number of fused-ring (bicyclic) bond motifs is 3. The molecular formula is C22H24FN5O4. The van der Waals surface area contributed by atoms with Crippen molar-refractivity contribution in [1.82, 2.24) is 9.55 Å². The summed E-state index contributed by atoms with van der Waals surface area (Å²) < 4.78 is 21.9. The highest BCUT2D eigenvalue weighted by Gasteiger charge is 2.31. The summed E-state index contributed by atoms with van der Waals surface area (Å²) in [7, 11) is 1.51. The molecule has 0 aliphatic carbocycles. The third kappa shape index (κ3) is 4.49. The van der Waals surface area contributed by atoms with Crippen LogP contribution in [-0.2, 0) is 6.54 Å². The first-order chi connectivity index (χ1) is 15.1. The van der Waals surface area contributed by atoms with Crippen LogP contribution in [0.3, 0.4) is 0 Å². The fourth-order valence-electron chi connectivity index (χ4n) is 3.28. The van der Waals surface area contributed by atoms with Gasteiger partial charge < -0.3 is 31.0 Å². The van der Waals surface area contributed by atoms with Crippen molar-refractivity contribution in [2.45, 2.75) is 32.1 Å². The van der Waals surface area contributed by atoms with Gasteiger partial charge in [-0.1, -0.05) is 11.8 Å². The predicted molar refractivity (Wildman–Crippen MR) is 116 cm³/mol. The molecule has 1 aromatic carbocycles. The van der Waals surface area contributed by atoms with Gasteiger partial charge in [-0.25, -0.2) is 9.37 Å². The Kier molecular flexibility index (Phi) is 6.34. The summed E-state index contributed by atoms with van der Waals surface area (Å²) in [6.45, 7) is 3.27. The first-order valence-electron chi connectivity index (χ1n) is 9.72. The van der Waals surface area contributed by atoms with Crippen molar-refractivity contribution >= 4 is 12.1 Å². The maximum atomic E-state index is 14.6. The number of hydrogen-bond acceptors (Lipinski definition) is 7. The molecule has 1 aromatic heterocycles. The minimum Gasteiger partial charge on any atom is -0.491 e. The predicted octanol–water partition coefficient (Wildman–Crippen LogP) is 0.879. The Bertz CT molecular complexity index is 1180. The molecule has 168 valence electrons. The van der Waals surface area contributed by atoms with Crippen LogP contribution < -0.4 is 16.2 Å². The van der Waals surface area contributed by atoms with Gasteiger partial charge in [0.2, 0.25) is 0 Å². The highest BCUT2D eigenvalue weighted by atomic mass is 19.1. The van der Waals surface area contributed by atoms with E-state index in [1.807, 2.05) is 0 Å². The van der Waals surface area contributed by atoms with Gasteiger partial charge >= 0.3 is 0 Å². The summed E-state index contributed by atoms with van der Waals surface area (Å²) >= 11 is 0. The summed E-state index contributed by atoms with van der Waals surface area (Å²) in [5, 5.41) is 20.8. The maximum absolute atomic E-state index is 14.6. The summed E-state index contributed by atoms with van der Waals surface area (Å²) in [6.07, 6.45) is 1.18. The number of benzene rings is 1. The van der Waals surface area contributed by atoms with Gasteiger partial charge in [0.15, 0.2) is 5.69 Å². The molecule has 0 fully saturated rings. The van der Waals surface area contributed by atoms with Crippen LogP contribution >= 0.6 is 0 Å². The van der Waals surface area contributed by atoms with E-state index in [1.54, 1.807) is 4.57 Å². The maximum Gasteiger partial charge on any atom is 0.269 e. The van der Waals surface area contributed by atoms with E-state index in [4.69, 9.17) is 16.2 Å². The largest absolute Gasteiger partial charge is 0.491 e. The number of aliphatic imine (C=N–C) groups is 1. The van der Waals surface area contributed by atoms with Crippen LogP contribution in [0.5, 0.6) is 5.75 Å². The van der Waals surface area contributed by atoms with E-state index < -0.39 is 23.4 Å². The molecule has 10 heteroatoms. The summed E-state index contributed by atoms with van der Waals surface area (Å²) in [6, 6.07) is 2.59. The second kappa shape index (κ2) is 8.82. The van der Waals surface area contributed by atoms with Gasteiger partial charge in [0.1, 0.15) is 35.7 Å². The number of carbonyl (C=O) groups is 1. The third-order valence-corrected chi connectivity index (χ3v) is 4.67. The highest BCUT2D eigenvalue weighted by molar-refractivity contribution is 5.94. The monoisotopic (exact) mass is 441 g/mol. The average molecular weight is 441 g/mol. The number of imidazole rings is 1. The van der Waals surface area contributed by atoms with Crippen molar-refractivity contribution in [2.75, 3.05) is 13.7 Å². The van der Waals surface area contributed by atoms with Crippen LogP contribution in [0.4, 0.5) is 4.39 Å². The lowest BCUT2D eigenvalue weighted by Crippen LogP contribution is -2.20. The second-order valence-corrected chi connectivity index (χ2v) is 7.63. The molecule has 2 heterocycles. The number of halogens is 1. The minimum absolute atomic E-state index is 0.00862. The Balaban J connectivity index is 2.26. The summed E-state index contributed by atoms with van der Waals surface area (Å²) in [5.41, 5.74) is 10.4. The molecule has 1 atom stereocenters. The van der Waals surface area contributed by atoms with Crippen molar-refractivity contribution in [2.24, 2.45) is 16.5 Å². The van der Waals surface area contributed by atoms with Gasteiger partial charge in [-0.2, -0.15) is 0 Å². The van der Waals surface area contributed by atoms with Gasteiger partial charge in [0, 0.05) is 31.1 Å². The fraction of sp³-hybridized carbons (Fsp3) is 0.318. The first-order valence-corrected chi connectivity index (χ1v) is 9.72. The van der Waals surface area contributed by atoms with E-state index in [-0.39, 0.29) is 47.2 Å². The minimum atomic E-state index is -1.34. The number of aromatic nitrogens is 2. The number of hydrogen-bond donors (Lipinski definition) is 4. The smallest absolute Gasteiger partial charge is 0.269 e. The van der Waals surface area contributed by atoms with Gasteiger partial charge in [-0.3, -0.25) is 9.79 Å². The molecule has 3 rings (SSSR count). The molecule has 2 aromatic rings. The molecule has 1 amide bonds. The van der Waals surface area contributed by atoms with Gasteiger partial charge in [-0.15, -0.1) is 0 Å². The Morgan fingerprint density at radius 2 is 2.19 bits per heavy atom. The normalized spacial score (nSPS) is 14.6. The second-order valence-electron chi connectivity index (χ2n) is 7.63. The quantitative estimate of drug-likeness (QED) is 0.409. The van der Waals surface area contributed by atoms with Crippen molar-refractivity contribution in [3.05, 3.63) is 46.7 Å². The zero-order chi connectivity index (χ0) is 23.6.